The van der Waals surface area contributed by atoms with Crippen molar-refractivity contribution in [2.24, 2.45) is 0 Å². The molecule has 1 nitrogen and oxygen atoms in total. The summed E-state index contributed by atoms with van der Waals surface area (Å²) in [6.07, 6.45) is 3.60. The number of hydrogen-bond acceptors (Lipinski definition) is 2. The number of hydrogen-bond donors (Lipinski definition) is 1. The van der Waals surface area contributed by atoms with Gasteiger partial charge in [0, 0.05) is 10.9 Å². The molecule has 0 saturated heterocycles. The summed E-state index contributed by atoms with van der Waals surface area (Å²) in [4.78, 5) is 1.50. The van der Waals surface area contributed by atoms with E-state index in [1.807, 2.05) is 11.3 Å². The van der Waals surface area contributed by atoms with Crippen molar-refractivity contribution in [1.82, 2.24) is 5.32 Å². The van der Waals surface area contributed by atoms with E-state index in [0.29, 0.717) is 6.04 Å². The summed E-state index contributed by atoms with van der Waals surface area (Å²) in [6.45, 7) is 0. The SMILES string of the molecule is c1ccc(C(NC2CCCc3ccsc32)(c2ccccc2)c2ccccc2)cc1. The Balaban J connectivity index is 1.73. The molecule has 0 bridgehead atoms. The zero-order valence-corrected chi connectivity index (χ0v) is 17.2. The lowest BCUT2D eigenvalue weighted by molar-refractivity contribution is 0.367. The van der Waals surface area contributed by atoms with Crippen LogP contribution in [0.25, 0.3) is 0 Å². The van der Waals surface area contributed by atoms with Gasteiger partial charge in [-0.15, -0.1) is 11.3 Å². The van der Waals surface area contributed by atoms with Crippen LogP contribution in [0, 0.1) is 0 Å². The fourth-order valence-electron chi connectivity index (χ4n) is 4.70. The highest BCUT2D eigenvalue weighted by Gasteiger charge is 2.39. The van der Waals surface area contributed by atoms with Gasteiger partial charge in [-0.2, -0.15) is 0 Å². The van der Waals surface area contributed by atoms with Crippen LogP contribution in [0.2, 0.25) is 0 Å². The van der Waals surface area contributed by atoms with E-state index < -0.39 is 5.54 Å². The van der Waals surface area contributed by atoms with Crippen molar-refractivity contribution in [3.63, 3.8) is 0 Å². The molecule has 1 aliphatic carbocycles. The van der Waals surface area contributed by atoms with Gasteiger partial charge in [0.05, 0.1) is 5.54 Å². The first kappa shape index (κ1) is 18.4. The molecule has 2 heteroatoms. The molecule has 1 heterocycles. The molecule has 1 unspecified atom stereocenters. The molecule has 0 radical (unpaired) electrons. The smallest absolute Gasteiger partial charge is 0.0952 e. The average molecular weight is 396 g/mol. The van der Waals surface area contributed by atoms with Crippen LogP contribution in [0.5, 0.6) is 0 Å². The molecular formula is C27H25NS. The van der Waals surface area contributed by atoms with Crippen molar-refractivity contribution in [3.05, 3.63) is 130 Å². The molecule has 144 valence electrons. The van der Waals surface area contributed by atoms with Crippen molar-refractivity contribution in [2.75, 3.05) is 0 Å². The normalized spacial score (nSPS) is 16.3. The van der Waals surface area contributed by atoms with E-state index in [0.717, 1.165) is 0 Å². The van der Waals surface area contributed by atoms with Gasteiger partial charge < -0.3 is 0 Å². The first-order valence-corrected chi connectivity index (χ1v) is 11.3. The minimum atomic E-state index is -0.396. The largest absolute Gasteiger partial charge is 0.292 e. The van der Waals surface area contributed by atoms with Crippen LogP contribution in [-0.4, -0.2) is 0 Å². The number of rotatable bonds is 5. The molecule has 5 rings (SSSR count). The third-order valence-corrected chi connectivity index (χ3v) is 7.12. The minimum absolute atomic E-state index is 0.347. The Kier molecular flexibility index (Phi) is 5.05. The quantitative estimate of drug-likeness (QED) is 0.370. The Hall–Kier alpha value is -2.68. The predicted octanol–water partition coefficient (Wildman–Crippen LogP) is 6.71. The number of aryl methyl sites for hydroxylation is 1. The summed E-state index contributed by atoms with van der Waals surface area (Å²) >= 11 is 1.90. The highest BCUT2D eigenvalue weighted by molar-refractivity contribution is 7.10. The maximum absolute atomic E-state index is 4.17. The Morgan fingerprint density at radius 2 is 1.21 bits per heavy atom. The fraction of sp³-hybridized carbons (Fsp3) is 0.185. The summed E-state index contributed by atoms with van der Waals surface area (Å²) in [5.74, 6) is 0. The Labute approximate surface area is 177 Å². The van der Waals surface area contributed by atoms with E-state index >= 15 is 0 Å². The molecule has 0 aliphatic heterocycles. The van der Waals surface area contributed by atoms with Gasteiger partial charge in [-0.3, -0.25) is 5.32 Å². The van der Waals surface area contributed by atoms with Crippen LogP contribution in [0.3, 0.4) is 0 Å². The number of fused-ring (bicyclic) bond motifs is 1. The zero-order chi connectivity index (χ0) is 19.5. The average Bonchev–Trinajstić information content (AvgIpc) is 3.29. The molecule has 1 atom stereocenters. The van der Waals surface area contributed by atoms with E-state index in [1.165, 1.54) is 46.4 Å². The number of thiophene rings is 1. The summed E-state index contributed by atoms with van der Waals surface area (Å²) in [6, 6.07) is 35.4. The molecule has 0 spiro atoms. The van der Waals surface area contributed by atoms with E-state index in [9.17, 15) is 0 Å². The monoisotopic (exact) mass is 395 g/mol. The second kappa shape index (κ2) is 7.98. The van der Waals surface area contributed by atoms with Crippen LogP contribution < -0.4 is 5.32 Å². The molecule has 1 aliphatic rings. The minimum Gasteiger partial charge on any atom is -0.292 e. The summed E-state index contributed by atoms with van der Waals surface area (Å²) in [5.41, 5.74) is 4.96. The lowest BCUT2D eigenvalue weighted by Gasteiger charge is -2.41. The highest BCUT2D eigenvalue weighted by Crippen LogP contribution is 2.42. The fourth-order valence-corrected chi connectivity index (χ4v) is 5.74. The van der Waals surface area contributed by atoms with Gasteiger partial charge in [0.25, 0.3) is 0 Å². The summed E-state index contributed by atoms with van der Waals surface area (Å²) in [5, 5.41) is 6.42. The maximum Gasteiger partial charge on any atom is 0.0952 e. The van der Waals surface area contributed by atoms with Gasteiger partial charge in [-0.25, -0.2) is 0 Å². The first-order valence-electron chi connectivity index (χ1n) is 10.4. The molecular weight excluding hydrogens is 370 g/mol. The van der Waals surface area contributed by atoms with Gasteiger partial charge in [-0.05, 0) is 53.0 Å². The van der Waals surface area contributed by atoms with E-state index in [1.54, 1.807) is 0 Å². The second-order valence-electron chi connectivity index (χ2n) is 7.75. The Morgan fingerprint density at radius 1 is 0.690 bits per heavy atom. The third kappa shape index (κ3) is 3.33. The topological polar surface area (TPSA) is 12.0 Å². The van der Waals surface area contributed by atoms with Gasteiger partial charge in [0.15, 0.2) is 0 Å². The molecule has 0 amide bonds. The molecule has 3 aromatic carbocycles. The number of benzene rings is 3. The third-order valence-electron chi connectivity index (χ3n) is 6.05. The van der Waals surface area contributed by atoms with E-state index in [-0.39, 0.29) is 0 Å². The van der Waals surface area contributed by atoms with E-state index in [4.69, 9.17) is 0 Å². The van der Waals surface area contributed by atoms with Crippen LogP contribution >= 0.6 is 11.3 Å². The zero-order valence-electron chi connectivity index (χ0n) is 16.4. The van der Waals surface area contributed by atoms with Gasteiger partial charge in [0.2, 0.25) is 0 Å². The van der Waals surface area contributed by atoms with Crippen LogP contribution in [-0.2, 0) is 12.0 Å². The Morgan fingerprint density at radius 3 is 1.72 bits per heavy atom. The van der Waals surface area contributed by atoms with Crippen LogP contribution in [0.1, 0.15) is 46.0 Å². The lowest BCUT2D eigenvalue weighted by Crippen LogP contribution is -2.47. The molecule has 1 N–H and O–H groups in total. The standard InChI is InChI=1S/C27H25NS/c1-4-12-22(13-5-1)27(23-14-6-2-7-15-23,24-16-8-3-9-17-24)28-25-18-10-11-21-19-20-29-26(21)25/h1-9,12-17,19-20,25,28H,10-11,18H2. The summed E-state index contributed by atoms with van der Waals surface area (Å²) < 4.78 is 0. The molecule has 1 aromatic heterocycles. The molecule has 29 heavy (non-hydrogen) atoms. The van der Waals surface area contributed by atoms with Crippen molar-refractivity contribution in [3.8, 4) is 0 Å². The van der Waals surface area contributed by atoms with Crippen molar-refractivity contribution in [2.45, 2.75) is 30.8 Å². The van der Waals surface area contributed by atoms with Crippen molar-refractivity contribution >= 4 is 11.3 Å². The van der Waals surface area contributed by atoms with E-state index in [2.05, 4.69) is 108 Å². The van der Waals surface area contributed by atoms with Crippen LogP contribution in [0.4, 0.5) is 0 Å². The molecule has 0 fully saturated rings. The highest BCUT2D eigenvalue weighted by atomic mass is 32.1. The number of nitrogens with one attached hydrogen (secondary N) is 1. The van der Waals surface area contributed by atoms with Crippen LogP contribution in [0.15, 0.2) is 102 Å². The predicted molar refractivity (Wildman–Crippen MR) is 122 cm³/mol. The van der Waals surface area contributed by atoms with Crippen molar-refractivity contribution < 1.29 is 0 Å². The maximum atomic E-state index is 4.17. The first-order chi connectivity index (χ1) is 14.4. The van der Waals surface area contributed by atoms with Gasteiger partial charge in [-0.1, -0.05) is 91.0 Å². The molecule has 4 aromatic rings. The lowest BCUT2D eigenvalue weighted by atomic mass is 9.75. The molecule has 0 saturated carbocycles. The van der Waals surface area contributed by atoms with Crippen molar-refractivity contribution in [1.29, 1.82) is 0 Å². The van der Waals surface area contributed by atoms with Gasteiger partial charge in [0.1, 0.15) is 0 Å². The second-order valence-corrected chi connectivity index (χ2v) is 8.70. The van der Waals surface area contributed by atoms with Gasteiger partial charge >= 0.3 is 0 Å². The summed E-state index contributed by atoms with van der Waals surface area (Å²) in [7, 11) is 0. The Bertz CT molecular complexity index is 957.